The van der Waals surface area contributed by atoms with Crippen LogP contribution in [0.3, 0.4) is 0 Å². The summed E-state index contributed by atoms with van der Waals surface area (Å²) in [4.78, 5) is 11.2. The third-order valence-electron chi connectivity index (χ3n) is 2.84. The smallest absolute Gasteiger partial charge is 0.323 e. The molecule has 0 aromatic heterocycles. The van der Waals surface area contributed by atoms with Crippen LogP contribution in [0, 0.1) is 0 Å². The lowest BCUT2D eigenvalue weighted by Crippen LogP contribution is -2.50. The van der Waals surface area contributed by atoms with Gasteiger partial charge in [-0.1, -0.05) is 13.8 Å². The average Bonchev–Trinajstić information content (AvgIpc) is 2.96. The number of carboxylic acid groups (broad SMARTS) is 1. The number of aliphatic carboxylic acids is 1. The Labute approximate surface area is 102 Å². The van der Waals surface area contributed by atoms with Crippen molar-refractivity contribution in [1.29, 1.82) is 0 Å². The van der Waals surface area contributed by atoms with E-state index in [1.165, 1.54) is 0 Å². The molecular formula is C12H23NO2S. The van der Waals surface area contributed by atoms with Crippen molar-refractivity contribution in [3.63, 3.8) is 0 Å². The Hall–Kier alpha value is -0.220. The van der Waals surface area contributed by atoms with Gasteiger partial charge in [-0.15, -0.1) is 0 Å². The van der Waals surface area contributed by atoms with Crippen LogP contribution in [-0.4, -0.2) is 33.7 Å². The summed E-state index contributed by atoms with van der Waals surface area (Å²) in [5, 5.41) is 13.1. The minimum atomic E-state index is -0.724. The molecule has 94 valence electrons. The van der Waals surface area contributed by atoms with Gasteiger partial charge in [0.15, 0.2) is 0 Å². The van der Waals surface area contributed by atoms with Gasteiger partial charge in [-0.25, -0.2) is 0 Å². The van der Waals surface area contributed by atoms with Crippen LogP contribution in [0.1, 0.15) is 46.5 Å². The van der Waals surface area contributed by atoms with Crippen LogP contribution in [0.5, 0.6) is 0 Å². The van der Waals surface area contributed by atoms with Crippen molar-refractivity contribution in [3.8, 4) is 0 Å². The van der Waals surface area contributed by atoms with Gasteiger partial charge < -0.3 is 5.11 Å². The summed E-state index contributed by atoms with van der Waals surface area (Å²) in [5.74, 6) is 0.335. The van der Waals surface area contributed by atoms with E-state index in [0.29, 0.717) is 11.3 Å². The van der Waals surface area contributed by atoms with Crippen molar-refractivity contribution >= 4 is 17.7 Å². The second-order valence-electron chi connectivity index (χ2n) is 5.08. The van der Waals surface area contributed by atoms with Crippen molar-refractivity contribution in [1.82, 2.24) is 5.32 Å². The molecule has 0 saturated heterocycles. The fourth-order valence-corrected chi connectivity index (χ4v) is 2.45. The lowest BCUT2D eigenvalue weighted by Gasteiger charge is -2.26. The van der Waals surface area contributed by atoms with Crippen LogP contribution in [0.4, 0.5) is 0 Å². The maximum Gasteiger partial charge on any atom is 0.323 e. The number of hydrogen-bond acceptors (Lipinski definition) is 3. The monoisotopic (exact) mass is 245 g/mol. The van der Waals surface area contributed by atoms with E-state index in [1.54, 1.807) is 0 Å². The van der Waals surface area contributed by atoms with Crippen molar-refractivity contribution in [2.75, 3.05) is 5.75 Å². The van der Waals surface area contributed by atoms with Crippen LogP contribution in [-0.2, 0) is 4.79 Å². The van der Waals surface area contributed by atoms with Crippen LogP contribution in [0.2, 0.25) is 0 Å². The van der Waals surface area contributed by atoms with Gasteiger partial charge in [-0.05, 0) is 43.6 Å². The highest BCUT2D eigenvalue weighted by Crippen LogP contribution is 2.25. The van der Waals surface area contributed by atoms with Crippen LogP contribution < -0.4 is 5.32 Å². The molecule has 0 aromatic carbocycles. The van der Waals surface area contributed by atoms with Gasteiger partial charge in [0, 0.05) is 6.04 Å². The van der Waals surface area contributed by atoms with Gasteiger partial charge in [0.25, 0.3) is 0 Å². The quantitative estimate of drug-likeness (QED) is 0.645. The van der Waals surface area contributed by atoms with Gasteiger partial charge in [-0.3, -0.25) is 10.1 Å². The predicted molar refractivity (Wildman–Crippen MR) is 69.0 cm³/mol. The summed E-state index contributed by atoms with van der Waals surface area (Å²) < 4.78 is 0. The van der Waals surface area contributed by atoms with Crippen LogP contribution in [0.15, 0.2) is 0 Å². The van der Waals surface area contributed by atoms with Crippen molar-refractivity contribution < 1.29 is 9.90 Å². The first-order valence-electron chi connectivity index (χ1n) is 6.07. The number of thioether (sulfide) groups is 1. The molecule has 1 aliphatic rings. The molecule has 0 radical (unpaired) electrons. The molecule has 0 spiro atoms. The molecule has 1 fully saturated rings. The lowest BCUT2D eigenvalue weighted by atomic mass is 9.96. The normalized spacial score (nSPS) is 19.8. The Morgan fingerprint density at radius 3 is 2.62 bits per heavy atom. The fraction of sp³-hybridized carbons (Fsp3) is 0.917. The van der Waals surface area contributed by atoms with E-state index in [-0.39, 0.29) is 0 Å². The third-order valence-corrected chi connectivity index (χ3v) is 4.04. The van der Waals surface area contributed by atoms with E-state index in [9.17, 15) is 9.90 Å². The van der Waals surface area contributed by atoms with E-state index in [1.807, 2.05) is 18.7 Å². The Kier molecular flexibility index (Phi) is 5.12. The van der Waals surface area contributed by atoms with Gasteiger partial charge in [-0.2, -0.15) is 11.8 Å². The molecule has 1 saturated carbocycles. The Morgan fingerprint density at radius 1 is 1.56 bits per heavy atom. The highest BCUT2D eigenvalue weighted by Gasteiger charge is 2.37. The fourth-order valence-electron chi connectivity index (χ4n) is 1.66. The Morgan fingerprint density at radius 2 is 2.19 bits per heavy atom. The average molecular weight is 245 g/mol. The topological polar surface area (TPSA) is 49.3 Å². The summed E-state index contributed by atoms with van der Waals surface area (Å²) in [6.07, 6.45) is 3.94. The second-order valence-corrected chi connectivity index (χ2v) is 6.76. The molecule has 16 heavy (non-hydrogen) atoms. The Balaban J connectivity index is 2.29. The molecule has 1 aliphatic carbocycles. The van der Waals surface area contributed by atoms with E-state index in [0.717, 1.165) is 31.4 Å². The molecule has 0 amide bonds. The zero-order valence-corrected chi connectivity index (χ0v) is 11.3. The van der Waals surface area contributed by atoms with E-state index in [2.05, 4.69) is 19.2 Å². The van der Waals surface area contributed by atoms with E-state index < -0.39 is 11.5 Å². The summed E-state index contributed by atoms with van der Waals surface area (Å²) >= 11 is 1.90. The number of carbonyl (C=O) groups is 1. The maximum atomic E-state index is 11.2. The Bertz CT molecular complexity index is 241. The predicted octanol–water partition coefficient (Wildman–Crippen LogP) is 2.50. The number of rotatable bonds is 8. The molecule has 0 aromatic rings. The molecule has 4 heteroatoms. The summed E-state index contributed by atoms with van der Waals surface area (Å²) in [6.45, 7) is 6.15. The van der Waals surface area contributed by atoms with Gasteiger partial charge >= 0.3 is 5.97 Å². The molecule has 0 aliphatic heterocycles. The zero-order chi connectivity index (χ0) is 12.2. The summed E-state index contributed by atoms with van der Waals surface area (Å²) in [5.41, 5.74) is -0.724. The molecule has 2 N–H and O–H groups in total. The van der Waals surface area contributed by atoms with Gasteiger partial charge in [0.2, 0.25) is 0 Å². The number of carboxylic acids is 1. The highest BCUT2D eigenvalue weighted by atomic mass is 32.2. The number of hydrogen-bond donors (Lipinski definition) is 2. The second kappa shape index (κ2) is 5.92. The first-order valence-corrected chi connectivity index (χ1v) is 7.11. The standard InChI is InChI=1S/C12H23NO2S/c1-9(2)16-8-4-7-12(3,11(14)15)13-10-5-6-10/h9-10,13H,4-8H2,1-3H3,(H,14,15). The number of nitrogens with one attached hydrogen (secondary N) is 1. The maximum absolute atomic E-state index is 11.2. The molecule has 0 heterocycles. The van der Waals surface area contributed by atoms with Gasteiger partial charge in [0.05, 0.1) is 0 Å². The van der Waals surface area contributed by atoms with Crippen molar-refractivity contribution in [2.24, 2.45) is 0 Å². The first kappa shape index (κ1) is 13.8. The molecular weight excluding hydrogens is 222 g/mol. The van der Waals surface area contributed by atoms with Crippen molar-refractivity contribution in [3.05, 3.63) is 0 Å². The van der Waals surface area contributed by atoms with Crippen LogP contribution >= 0.6 is 11.8 Å². The third kappa shape index (κ3) is 4.74. The van der Waals surface area contributed by atoms with Gasteiger partial charge in [0.1, 0.15) is 5.54 Å². The minimum absolute atomic E-state index is 0.443. The minimum Gasteiger partial charge on any atom is -0.480 e. The molecule has 3 nitrogen and oxygen atoms in total. The first-order chi connectivity index (χ1) is 7.44. The zero-order valence-electron chi connectivity index (χ0n) is 10.5. The summed E-state index contributed by atoms with van der Waals surface area (Å²) in [6, 6.07) is 0.443. The molecule has 1 rings (SSSR count). The van der Waals surface area contributed by atoms with Crippen molar-refractivity contribution in [2.45, 2.75) is 63.3 Å². The molecule has 1 atom stereocenters. The summed E-state index contributed by atoms with van der Waals surface area (Å²) in [7, 11) is 0. The SMILES string of the molecule is CC(C)SCCCC(C)(NC1CC1)C(=O)O. The highest BCUT2D eigenvalue weighted by molar-refractivity contribution is 7.99. The largest absolute Gasteiger partial charge is 0.480 e. The lowest BCUT2D eigenvalue weighted by molar-refractivity contribution is -0.144. The van der Waals surface area contributed by atoms with E-state index in [4.69, 9.17) is 0 Å². The van der Waals surface area contributed by atoms with Crippen LogP contribution in [0.25, 0.3) is 0 Å². The molecule has 1 unspecified atom stereocenters. The molecule has 0 bridgehead atoms. The van der Waals surface area contributed by atoms with E-state index >= 15 is 0 Å².